The van der Waals surface area contributed by atoms with Crippen LogP contribution in [0.25, 0.3) is 0 Å². The van der Waals surface area contributed by atoms with Crippen LogP contribution in [0.2, 0.25) is 0 Å². The molecule has 0 atom stereocenters. The second-order valence-corrected chi connectivity index (χ2v) is 14.8. The minimum atomic E-state index is 0. The highest BCUT2D eigenvalue weighted by atomic mass is 127. The molecule has 5 rings (SSSR count). The van der Waals surface area contributed by atoms with Gasteiger partial charge in [0.1, 0.15) is 32.7 Å². The van der Waals surface area contributed by atoms with Gasteiger partial charge in [-0.1, -0.05) is 37.5 Å². The molecular formula is C50H71Cl3I4N10. The van der Waals surface area contributed by atoms with E-state index >= 15 is 0 Å². The van der Waals surface area contributed by atoms with Crippen molar-refractivity contribution < 1.29 is 108 Å². The van der Waals surface area contributed by atoms with Crippen LogP contribution < -0.4 is 137 Å². The molecule has 0 aliphatic carbocycles. The Kier molecular flexibility index (Phi) is 52.7. The summed E-state index contributed by atoms with van der Waals surface area (Å²) in [5, 5.41) is 0. The van der Waals surface area contributed by atoms with Crippen molar-refractivity contribution >= 4 is 76.4 Å². The van der Waals surface area contributed by atoms with Gasteiger partial charge in [0, 0.05) is 140 Å². The maximum atomic E-state index is 5.69. The maximum Gasteiger partial charge on any atom is 0.170 e. The van der Waals surface area contributed by atoms with Crippen LogP contribution in [0.5, 0.6) is 0 Å². The first-order valence-electron chi connectivity index (χ1n) is 21.4. The first-order chi connectivity index (χ1) is 29.3. The number of pyridine rings is 5. The summed E-state index contributed by atoms with van der Waals surface area (Å²) in [5.41, 5.74) is 32.3. The van der Waals surface area contributed by atoms with Crippen molar-refractivity contribution in [2.24, 2.45) is 0 Å². The molecule has 17 heteroatoms. The van der Waals surface area contributed by atoms with Crippen LogP contribution in [-0.2, 0) is 32.7 Å². The summed E-state index contributed by atoms with van der Waals surface area (Å²) in [7, 11) is 0. The Morgan fingerprint density at radius 1 is 0.328 bits per heavy atom. The van der Waals surface area contributed by atoms with Crippen molar-refractivity contribution in [3.8, 4) is 36.0 Å². The van der Waals surface area contributed by atoms with Crippen molar-refractivity contribution in [1.82, 2.24) is 0 Å². The highest BCUT2D eigenvalue weighted by Crippen LogP contribution is 2.09. The average molecular weight is 1430 g/mol. The molecule has 5 aromatic heterocycles. The van der Waals surface area contributed by atoms with E-state index in [1.165, 1.54) is 51.4 Å². The van der Waals surface area contributed by atoms with Crippen LogP contribution in [0.1, 0.15) is 89.9 Å². The Morgan fingerprint density at radius 3 is 0.746 bits per heavy atom. The van der Waals surface area contributed by atoms with Crippen LogP contribution >= 0.6 is 48.0 Å². The van der Waals surface area contributed by atoms with E-state index in [1.54, 1.807) is 0 Å². The lowest BCUT2D eigenvalue weighted by molar-refractivity contribution is -0.697. The standard InChI is InChI=1S/C20H30N4.C20H22N4.C10H12N2.3ClH.4HI/c2*21-19-9-15-23(16-10-19)13-7-5-3-1-2-4-6-8-14-24-17-11-20(22)12-18-24;1-2-3-4-7-12-8-5-10(11)6-9-12;;;;;;;/h9-12,15-18,21-22H,1-8,13-14H2;9-12,15-18,21-22H,5-8,13-14H2;1,5-6,8-9,11H,3-4,7H2;7*1H. The number of nitrogens with zero attached hydrogens (tertiary/aromatic N) is 5. The zero-order valence-corrected chi connectivity index (χ0v) is 49.6. The van der Waals surface area contributed by atoms with E-state index in [9.17, 15) is 0 Å². The lowest BCUT2D eigenvalue weighted by atomic mass is 10.1. The molecule has 0 spiro atoms. The smallest absolute Gasteiger partial charge is 0.170 e. The first-order valence-corrected chi connectivity index (χ1v) is 21.4. The van der Waals surface area contributed by atoms with E-state index in [0.29, 0.717) is 0 Å². The van der Waals surface area contributed by atoms with Crippen molar-refractivity contribution in [2.45, 2.75) is 123 Å². The number of hydrogen-bond donors (Lipinski definition) is 5. The largest absolute Gasteiger partial charge is 1.00 e. The SMILES string of the molecule is C#CCCC[n+]1ccc(N)cc1.I.I.Nc1cc[n+](CCCC#CC#CCCC[n+]2ccc(N)cc2)cc1.Nc1cc[n+](CCCCCCCCCC[n+]2ccc(N)cc2)cc1.[Cl-].[Cl-].[Cl-].[I-].[I-]. The van der Waals surface area contributed by atoms with Gasteiger partial charge in [0.25, 0.3) is 0 Å². The van der Waals surface area contributed by atoms with Gasteiger partial charge >= 0.3 is 0 Å². The Morgan fingerprint density at radius 2 is 0.522 bits per heavy atom. The monoisotopic (exact) mass is 1420 g/mol. The van der Waals surface area contributed by atoms with E-state index < -0.39 is 0 Å². The minimum Gasteiger partial charge on any atom is -1.00 e. The number of aryl methyl sites for hydroxylation is 5. The third kappa shape index (κ3) is 38.7. The Balaban J connectivity index is -0.000000285. The van der Waals surface area contributed by atoms with Crippen molar-refractivity contribution in [1.29, 1.82) is 0 Å². The fourth-order valence-electron chi connectivity index (χ4n) is 6.02. The fraction of sp³-hybridized carbons (Fsp3) is 0.380. The number of anilines is 5. The first kappa shape index (κ1) is 73.2. The number of rotatable bonds is 20. The molecule has 10 nitrogen and oxygen atoms in total. The fourth-order valence-corrected chi connectivity index (χ4v) is 6.02. The number of terminal acetylenes is 1. The highest BCUT2D eigenvalue weighted by Gasteiger charge is 2.03. The Labute approximate surface area is 489 Å². The summed E-state index contributed by atoms with van der Waals surface area (Å²) in [4.78, 5) is 0. The van der Waals surface area contributed by atoms with Gasteiger partial charge in [0.2, 0.25) is 0 Å². The number of nitrogen functional groups attached to an aromatic ring is 5. The summed E-state index contributed by atoms with van der Waals surface area (Å²) >= 11 is 0. The predicted molar refractivity (Wildman–Crippen MR) is 275 cm³/mol. The molecular weight excluding hydrogens is 1350 g/mol. The van der Waals surface area contributed by atoms with Gasteiger partial charge < -0.3 is 114 Å². The van der Waals surface area contributed by atoms with Gasteiger partial charge in [-0.25, -0.2) is 22.8 Å². The van der Waals surface area contributed by atoms with Gasteiger partial charge in [-0.3, -0.25) is 0 Å². The number of hydrogen-bond acceptors (Lipinski definition) is 5. The second kappa shape index (κ2) is 48.3. The van der Waals surface area contributed by atoms with Crippen molar-refractivity contribution in [2.75, 3.05) is 28.7 Å². The summed E-state index contributed by atoms with van der Waals surface area (Å²) in [6, 6.07) is 19.2. The number of aromatic nitrogens is 5. The third-order valence-electron chi connectivity index (χ3n) is 9.58. The normalized spacial score (nSPS) is 8.94. The molecule has 0 aliphatic rings. The van der Waals surface area contributed by atoms with Gasteiger partial charge in [0.15, 0.2) is 62.0 Å². The summed E-state index contributed by atoms with van der Waals surface area (Å²) in [5.74, 6) is 14.7. The number of halogens is 7. The zero-order valence-electron chi connectivity index (χ0n) is 38.4. The van der Waals surface area contributed by atoms with Crippen LogP contribution in [0.4, 0.5) is 28.4 Å². The molecule has 0 radical (unpaired) electrons. The molecule has 0 saturated carbocycles. The summed E-state index contributed by atoms with van der Waals surface area (Å²) < 4.78 is 10.7. The van der Waals surface area contributed by atoms with E-state index in [0.717, 1.165) is 99.7 Å². The molecule has 5 heterocycles. The van der Waals surface area contributed by atoms with Gasteiger partial charge in [-0.05, 0) is 24.7 Å². The van der Waals surface area contributed by atoms with Crippen LogP contribution in [-0.4, -0.2) is 0 Å². The topological polar surface area (TPSA) is 150 Å². The summed E-state index contributed by atoms with van der Waals surface area (Å²) in [6.45, 7) is 5.05. The number of unbranched alkanes of at least 4 members (excludes halogenated alkanes) is 10. The van der Waals surface area contributed by atoms with Crippen LogP contribution in [0.3, 0.4) is 0 Å². The lowest BCUT2D eigenvalue weighted by Crippen LogP contribution is -3.00. The quantitative estimate of drug-likeness (QED) is 0.0228. The molecule has 0 aromatic carbocycles. The van der Waals surface area contributed by atoms with Crippen LogP contribution in [0, 0.1) is 36.0 Å². The molecule has 0 unspecified atom stereocenters. The molecule has 5 aromatic rings. The molecule has 0 aliphatic heterocycles. The maximum absolute atomic E-state index is 5.69. The van der Waals surface area contributed by atoms with E-state index in [2.05, 4.69) is 77.2 Å². The zero-order chi connectivity index (χ0) is 42.9. The molecule has 0 bridgehead atoms. The molecule has 370 valence electrons. The molecule has 67 heavy (non-hydrogen) atoms. The van der Waals surface area contributed by atoms with Gasteiger partial charge in [-0.15, -0.1) is 60.3 Å². The molecule has 10 N–H and O–H groups in total. The third-order valence-corrected chi connectivity index (χ3v) is 9.58. The predicted octanol–water partition coefficient (Wildman–Crippen LogP) is -7.83. The summed E-state index contributed by atoms with van der Waals surface area (Å²) in [6.07, 6.45) is 41.4. The Bertz CT molecular complexity index is 1950. The van der Waals surface area contributed by atoms with Crippen LogP contribution in [0.15, 0.2) is 123 Å². The molecule has 0 amide bonds. The highest BCUT2D eigenvalue weighted by molar-refractivity contribution is 14.0. The van der Waals surface area contributed by atoms with Crippen molar-refractivity contribution in [3.63, 3.8) is 0 Å². The van der Waals surface area contributed by atoms with Crippen molar-refractivity contribution in [3.05, 3.63) is 123 Å². The van der Waals surface area contributed by atoms with E-state index in [-0.39, 0.29) is 133 Å². The average Bonchev–Trinajstić information content (AvgIpc) is 3.26. The minimum absolute atomic E-state index is 0. The number of nitrogens with two attached hydrogens (primary N) is 5. The van der Waals surface area contributed by atoms with Gasteiger partial charge in [-0.2, -0.15) is 0 Å². The van der Waals surface area contributed by atoms with Gasteiger partial charge in [0.05, 0.1) is 0 Å². The second-order valence-electron chi connectivity index (χ2n) is 14.8. The Hall–Kier alpha value is -2.78. The molecule has 0 saturated heterocycles. The lowest BCUT2D eigenvalue weighted by Gasteiger charge is -2.01. The van der Waals surface area contributed by atoms with E-state index in [1.807, 2.05) is 97.8 Å². The molecule has 0 fully saturated rings. The van der Waals surface area contributed by atoms with E-state index in [4.69, 9.17) is 35.1 Å².